The topological polar surface area (TPSA) is 239 Å². The van der Waals surface area contributed by atoms with Gasteiger partial charge in [-0.15, -0.1) is 6.58 Å². The second kappa shape index (κ2) is 24.7. The number of oxime groups is 1. The van der Waals surface area contributed by atoms with Crippen LogP contribution in [0.5, 0.6) is 23.0 Å². The largest absolute Gasteiger partial charge is 0.497 e. The fraction of sp³-hybridized carbons (Fsp3) is 0.490. The third-order valence-corrected chi connectivity index (χ3v) is 12.6. The summed E-state index contributed by atoms with van der Waals surface area (Å²) in [7, 11) is 4.27. The van der Waals surface area contributed by atoms with Crippen molar-refractivity contribution < 1.29 is 67.8 Å². The molecule has 1 aliphatic heterocycles. The Morgan fingerprint density at radius 1 is 0.956 bits per heavy atom. The van der Waals surface area contributed by atoms with Gasteiger partial charge in [0.15, 0.2) is 0 Å². The Balaban J connectivity index is 1.52. The Labute approximate surface area is 395 Å². The van der Waals surface area contributed by atoms with Gasteiger partial charge in [0.1, 0.15) is 35.6 Å². The lowest BCUT2D eigenvalue weighted by Gasteiger charge is -2.59. The van der Waals surface area contributed by atoms with Gasteiger partial charge in [-0.25, -0.2) is 9.59 Å². The summed E-state index contributed by atoms with van der Waals surface area (Å²) < 4.78 is 42.0. The number of fused-ring (bicyclic) bond motifs is 2. The molecule has 68 heavy (non-hydrogen) atoms. The van der Waals surface area contributed by atoms with Gasteiger partial charge in [-0.1, -0.05) is 30.1 Å². The lowest BCUT2D eigenvalue weighted by atomic mass is 9.55. The predicted molar refractivity (Wildman–Crippen MR) is 249 cm³/mol. The average molecular weight is 947 g/mol. The summed E-state index contributed by atoms with van der Waals surface area (Å²) >= 11 is 0. The number of unbranched alkanes of at least 4 members (excludes halogenated alkanes) is 2. The third kappa shape index (κ3) is 11.9. The summed E-state index contributed by atoms with van der Waals surface area (Å²) in [5.41, 5.74) is 2.85. The highest BCUT2D eigenvalue weighted by molar-refractivity contribution is 6.03. The van der Waals surface area contributed by atoms with Crippen LogP contribution in [-0.4, -0.2) is 122 Å². The van der Waals surface area contributed by atoms with E-state index in [4.69, 9.17) is 43.2 Å². The molecular weight excluding hydrogens is 885 g/mol. The van der Waals surface area contributed by atoms with Gasteiger partial charge in [-0.2, -0.15) is 0 Å². The Morgan fingerprint density at radius 3 is 2.38 bits per heavy atom. The summed E-state index contributed by atoms with van der Waals surface area (Å²) in [5.74, 6) is -1.51. The molecule has 0 spiro atoms. The number of allylic oxidation sites excluding steroid dienone is 1. The number of nitrogens with one attached hydrogen (secondary N) is 1. The van der Waals surface area contributed by atoms with E-state index in [2.05, 4.69) is 18.0 Å². The number of nitro benzene ring substituents is 1. The Bertz CT molecular complexity index is 2250. The number of anilines is 1. The number of ether oxygens (including phenoxy) is 7. The van der Waals surface area contributed by atoms with Crippen LogP contribution in [0.2, 0.25) is 0 Å². The molecule has 3 aromatic rings. The van der Waals surface area contributed by atoms with Crippen molar-refractivity contribution in [2.45, 2.75) is 69.3 Å². The summed E-state index contributed by atoms with van der Waals surface area (Å²) in [6, 6.07) is 15.1. The predicted octanol–water partition coefficient (Wildman–Crippen LogP) is 7.13. The fourth-order valence-electron chi connectivity index (χ4n) is 9.58. The van der Waals surface area contributed by atoms with E-state index < -0.39 is 40.8 Å². The maximum absolute atomic E-state index is 14.0. The number of hydrogen-bond donors (Lipinski definition) is 4. The second-order valence-electron chi connectivity index (χ2n) is 16.5. The first-order valence-electron chi connectivity index (χ1n) is 22.7. The molecule has 1 heterocycles. The van der Waals surface area contributed by atoms with Crippen LogP contribution in [0.15, 0.2) is 90.1 Å². The van der Waals surface area contributed by atoms with Crippen LogP contribution >= 0.6 is 0 Å². The normalized spacial score (nSPS) is 21.8. The van der Waals surface area contributed by atoms with Crippen molar-refractivity contribution in [1.29, 1.82) is 0 Å². The van der Waals surface area contributed by atoms with Gasteiger partial charge in [-0.05, 0) is 91.1 Å². The third-order valence-electron chi connectivity index (χ3n) is 12.6. The molecule has 4 N–H and O–H groups in total. The molecule has 6 rings (SSSR count). The van der Waals surface area contributed by atoms with Gasteiger partial charge in [0.25, 0.3) is 5.69 Å². The highest BCUT2D eigenvalue weighted by Gasteiger charge is 2.65. The van der Waals surface area contributed by atoms with E-state index in [1.165, 1.54) is 38.4 Å². The number of methoxy groups -OCH3 is 3. The highest BCUT2D eigenvalue weighted by Crippen LogP contribution is 2.62. The van der Waals surface area contributed by atoms with Crippen LogP contribution in [0.1, 0.15) is 62.0 Å². The van der Waals surface area contributed by atoms with Crippen LogP contribution in [0.25, 0.3) is 0 Å². The van der Waals surface area contributed by atoms with Crippen LogP contribution in [0.3, 0.4) is 0 Å². The van der Waals surface area contributed by atoms with Crippen molar-refractivity contribution >= 4 is 29.3 Å². The van der Waals surface area contributed by atoms with Crippen LogP contribution in [-0.2, 0) is 25.7 Å². The van der Waals surface area contributed by atoms with E-state index in [-0.39, 0.29) is 82.5 Å². The Hall–Kier alpha value is -6.25. The van der Waals surface area contributed by atoms with Crippen molar-refractivity contribution in [2.24, 2.45) is 22.9 Å². The Kier molecular flexibility index (Phi) is 18.6. The molecule has 19 heteroatoms. The molecule has 368 valence electrons. The first kappa shape index (κ1) is 51.1. The second-order valence-corrected chi connectivity index (χ2v) is 16.5. The lowest BCUT2D eigenvalue weighted by Crippen LogP contribution is -2.70. The molecule has 0 radical (unpaired) electrons. The lowest BCUT2D eigenvalue weighted by molar-refractivity contribution is -0.384. The number of carbonyl (C=O) groups is 2. The van der Waals surface area contributed by atoms with Gasteiger partial charge in [0, 0.05) is 55.9 Å². The van der Waals surface area contributed by atoms with Crippen molar-refractivity contribution in [1.82, 2.24) is 4.90 Å². The van der Waals surface area contributed by atoms with Crippen molar-refractivity contribution in [3.8, 4) is 23.0 Å². The van der Waals surface area contributed by atoms with Gasteiger partial charge in [0.05, 0.1) is 70.0 Å². The molecule has 0 aromatic heterocycles. The number of carbonyl (C=O) groups excluding carboxylic acids is 2. The molecule has 1 fully saturated rings. The monoisotopic (exact) mass is 946 g/mol. The fourth-order valence-corrected chi connectivity index (χ4v) is 9.58. The zero-order valence-corrected chi connectivity index (χ0v) is 38.7. The summed E-state index contributed by atoms with van der Waals surface area (Å²) in [5, 5.41) is 48.3. The van der Waals surface area contributed by atoms with E-state index in [9.17, 15) is 35.0 Å². The number of nitro groups is 1. The maximum Gasteiger partial charge on any atom is 0.417 e. The van der Waals surface area contributed by atoms with Crippen molar-refractivity contribution in [3.05, 3.63) is 106 Å². The van der Waals surface area contributed by atoms with Gasteiger partial charge < -0.3 is 53.3 Å². The SMILES string of the molecule is C=CCOC12Oc3ccc(OC(=O)Nc4ccc(OC)cc4OC)cc3C3C(CCCCO)C(CCCCO)C=C(C(=NOCc4ccc([N+](=O)[O-])cc4)CC1N(CCOCCO)C(=O)OC)C32. The first-order valence-corrected chi connectivity index (χ1v) is 22.7. The van der Waals surface area contributed by atoms with E-state index in [1.54, 1.807) is 54.6 Å². The van der Waals surface area contributed by atoms with Crippen molar-refractivity contribution in [3.63, 3.8) is 0 Å². The van der Waals surface area contributed by atoms with Crippen molar-refractivity contribution in [2.75, 3.05) is 72.8 Å². The number of aliphatic hydroxyl groups excluding tert-OH is 3. The number of non-ortho nitro benzene ring substituents is 1. The average Bonchev–Trinajstić information content (AvgIpc) is 3.34. The molecule has 19 nitrogen and oxygen atoms in total. The number of rotatable bonds is 25. The first-order chi connectivity index (χ1) is 33.0. The number of amides is 2. The number of benzene rings is 3. The minimum Gasteiger partial charge on any atom is -0.497 e. The zero-order chi connectivity index (χ0) is 48.6. The maximum atomic E-state index is 14.0. The van der Waals surface area contributed by atoms with Gasteiger partial charge in [0.2, 0.25) is 5.79 Å². The quantitative estimate of drug-likeness (QED) is 0.0286. The number of aliphatic hydroxyl groups is 3. The van der Waals surface area contributed by atoms with E-state index >= 15 is 0 Å². The van der Waals surface area contributed by atoms with E-state index in [0.717, 1.165) is 5.57 Å². The van der Waals surface area contributed by atoms with E-state index in [0.29, 0.717) is 78.3 Å². The zero-order valence-electron chi connectivity index (χ0n) is 38.7. The smallest absolute Gasteiger partial charge is 0.417 e. The standard InChI is InChI=1S/C49H62N4O15/c1-5-24-65-49-44(52(48(58)63-4)20-25-64-26-23-56)30-41(51-66-31-32-12-14-34(15-13-32)53(59)60)38-27-33(10-6-8-21-54)37(11-7-9-22-55)45(46(38)49)39-28-36(17-19-42(39)68-49)67-47(57)50-40-18-16-35(61-2)29-43(40)62-3/h5,12-19,27-29,33,37,44-46,54-56H,1,6-11,20-26,30-31H2,2-4H3,(H,50,57). The molecule has 6 atom stereocenters. The van der Waals surface area contributed by atoms with Gasteiger partial charge >= 0.3 is 12.2 Å². The summed E-state index contributed by atoms with van der Waals surface area (Å²) in [4.78, 5) is 46.1. The minimum absolute atomic E-state index is 0.00467. The molecule has 3 aromatic carbocycles. The summed E-state index contributed by atoms with van der Waals surface area (Å²) in [6.45, 7) is 3.78. The molecule has 1 saturated carbocycles. The molecule has 0 bridgehead atoms. The number of nitrogens with zero attached hydrogens (tertiary/aromatic N) is 3. The molecule has 0 saturated heterocycles. The van der Waals surface area contributed by atoms with E-state index in [1.807, 2.05) is 0 Å². The highest BCUT2D eigenvalue weighted by atomic mass is 16.7. The molecule has 6 unspecified atom stereocenters. The van der Waals surface area contributed by atoms with Crippen LogP contribution < -0.4 is 24.3 Å². The molecule has 2 amide bonds. The minimum atomic E-state index is -1.63. The molecule has 3 aliphatic rings. The summed E-state index contributed by atoms with van der Waals surface area (Å²) in [6.07, 6.45) is 6.16. The molecule has 2 aliphatic carbocycles. The number of hydrogen-bond acceptors (Lipinski definition) is 16. The Morgan fingerprint density at radius 2 is 1.71 bits per heavy atom. The van der Waals surface area contributed by atoms with Crippen LogP contribution in [0, 0.1) is 27.9 Å². The van der Waals surface area contributed by atoms with Crippen LogP contribution in [0.4, 0.5) is 21.0 Å². The molecular formula is C49H62N4O15. The van der Waals surface area contributed by atoms with Gasteiger partial charge in [-0.3, -0.25) is 20.3 Å².